The zero-order valence-corrected chi connectivity index (χ0v) is 20.2. The van der Waals surface area contributed by atoms with E-state index >= 15 is 0 Å². The van der Waals surface area contributed by atoms with Gasteiger partial charge < -0.3 is 15.4 Å². The average molecular weight is 485 g/mol. The molecule has 8 heteroatoms. The SMILES string of the molecule is CCOC(=O)c1c(NC(=O)CCc2ccccc2)sc(C(=O)Nc2cccc(Cl)c2C)c1C. The third kappa shape index (κ3) is 6.00. The van der Waals surface area contributed by atoms with Gasteiger partial charge in [0.25, 0.3) is 5.91 Å². The molecule has 0 bridgehead atoms. The van der Waals surface area contributed by atoms with Crippen LogP contribution in [0.5, 0.6) is 0 Å². The first kappa shape index (κ1) is 24.5. The zero-order chi connectivity index (χ0) is 24.0. The van der Waals surface area contributed by atoms with E-state index in [1.165, 1.54) is 0 Å². The van der Waals surface area contributed by atoms with Gasteiger partial charge in [0, 0.05) is 17.1 Å². The number of hydrogen-bond acceptors (Lipinski definition) is 5. The topological polar surface area (TPSA) is 84.5 Å². The van der Waals surface area contributed by atoms with Crippen LogP contribution in [0.25, 0.3) is 0 Å². The van der Waals surface area contributed by atoms with Crippen LogP contribution in [0.15, 0.2) is 48.5 Å². The highest BCUT2D eigenvalue weighted by atomic mass is 35.5. The second kappa shape index (κ2) is 11.1. The molecule has 0 atom stereocenters. The summed E-state index contributed by atoms with van der Waals surface area (Å²) in [6.45, 7) is 5.36. The van der Waals surface area contributed by atoms with Crippen LogP contribution in [-0.2, 0) is 16.0 Å². The zero-order valence-electron chi connectivity index (χ0n) is 18.7. The molecule has 2 N–H and O–H groups in total. The van der Waals surface area contributed by atoms with E-state index in [0.717, 1.165) is 22.5 Å². The Morgan fingerprint density at radius 3 is 2.39 bits per heavy atom. The predicted octanol–water partition coefficient (Wildman–Crippen LogP) is 6.02. The quantitative estimate of drug-likeness (QED) is 0.383. The van der Waals surface area contributed by atoms with Crippen molar-refractivity contribution in [1.82, 2.24) is 0 Å². The molecule has 0 aliphatic heterocycles. The standard InChI is InChI=1S/C25H25ClN2O4S/c1-4-32-25(31)21-16(3)22(23(30)27-19-12-8-11-18(26)15(19)2)33-24(21)28-20(29)14-13-17-9-6-5-7-10-17/h5-12H,4,13-14H2,1-3H3,(H,27,30)(H,28,29). The summed E-state index contributed by atoms with van der Waals surface area (Å²) >= 11 is 7.20. The van der Waals surface area contributed by atoms with E-state index in [4.69, 9.17) is 16.3 Å². The van der Waals surface area contributed by atoms with Crippen molar-refractivity contribution >= 4 is 51.4 Å². The maximum atomic E-state index is 13.0. The summed E-state index contributed by atoms with van der Waals surface area (Å²) < 4.78 is 5.17. The molecule has 3 aromatic rings. The van der Waals surface area contributed by atoms with Gasteiger partial charge in [0.2, 0.25) is 5.91 Å². The minimum Gasteiger partial charge on any atom is -0.462 e. The van der Waals surface area contributed by atoms with Gasteiger partial charge in [0.1, 0.15) is 5.00 Å². The summed E-state index contributed by atoms with van der Waals surface area (Å²) in [6.07, 6.45) is 0.805. The van der Waals surface area contributed by atoms with E-state index in [2.05, 4.69) is 10.6 Å². The van der Waals surface area contributed by atoms with Gasteiger partial charge in [0.05, 0.1) is 17.0 Å². The largest absolute Gasteiger partial charge is 0.462 e. The first-order valence-electron chi connectivity index (χ1n) is 10.5. The van der Waals surface area contributed by atoms with E-state index in [9.17, 15) is 14.4 Å². The third-order valence-electron chi connectivity index (χ3n) is 5.08. The van der Waals surface area contributed by atoms with Crippen LogP contribution >= 0.6 is 22.9 Å². The number of benzene rings is 2. The Morgan fingerprint density at radius 2 is 1.70 bits per heavy atom. The monoisotopic (exact) mass is 484 g/mol. The second-order valence-corrected chi connectivity index (χ2v) is 8.81. The summed E-state index contributed by atoms with van der Waals surface area (Å²) in [4.78, 5) is 38.6. The van der Waals surface area contributed by atoms with Crippen molar-refractivity contribution in [3.8, 4) is 0 Å². The first-order valence-corrected chi connectivity index (χ1v) is 11.7. The van der Waals surface area contributed by atoms with Gasteiger partial charge in [-0.1, -0.05) is 48.0 Å². The van der Waals surface area contributed by atoms with E-state index in [0.29, 0.717) is 32.6 Å². The van der Waals surface area contributed by atoms with Crippen LogP contribution < -0.4 is 10.6 Å². The second-order valence-electron chi connectivity index (χ2n) is 7.38. The number of esters is 1. The lowest BCUT2D eigenvalue weighted by Crippen LogP contribution is -2.15. The van der Waals surface area contributed by atoms with Crippen LogP contribution in [0.1, 0.15) is 50.1 Å². The Bertz CT molecular complexity index is 1170. The number of halogens is 1. The van der Waals surface area contributed by atoms with Crippen molar-refractivity contribution in [1.29, 1.82) is 0 Å². The lowest BCUT2D eigenvalue weighted by atomic mass is 10.1. The van der Waals surface area contributed by atoms with Gasteiger partial charge >= 0.3 is 5.97 Å². The highest BCUT2D eigenvalue weighted by Crippen LogP contribution is 2.35. The van der Waals surface area contributed by atoms with Gasteiger partial charge in [-0.2, -0.15) is 0 Å². The van der Waals surface area contributed by atoms with Crippen LogP contribution in [0.2, 0.25) is 5.02 Å². The first-order chi connectivity index (χ1) is 15.8. The molecule has 1 aromatic heterocycles. The molecule has 6 nitrogen and oxygen atoms in total. The van der Waals surface area contributed by atoms with Crippen LogP contribution in [-0.4, -0.2) is 24.4 Å². The molecular formula is C25H25ClN2O4S. The average Bonchev–Trinajstić information content (AvgIpc) is 3.12. The highest BCUT2D eigenvalue weighted by Gasteiger charge is 2.27. The number of hydrogen-bond donors (Lipinski definition) is 2. The van der Waals surface area contributed by atoms with Gasteiger partial charge in [-0.3, -0.25) is 9.59 Å². The summed E-state index contributed by atoms with van der Waals surface area (Å²) in [5.74, 6) is -1.22. The summed E-state index contributed by atoms with van der Waals surface area (Å²) in [6, 6.07) is 14.9. The van der Waals surface area contributed by atoms with Crippen LogP contribution in [0.4, 0.5) is 10.7 Å². The summed E-state index contributed by atoms with van der Waals surface area (Å²) in [7, 11) is 0. The van der Waals surface area contributed by atoms with Gasteiger partial charge in [-0.15, -0.1) is 11.3 Å². The molecule has 0 radical (unpaired) electrons. The molecule has 0 fully saturated rings. The number of nitrogens with one attached hydrogen (secondary N) is 2. The highest BCUT2D eigenvalue weighted by molar-refractivity contribution is 7.19. The molecule has 2 amide bonds. The minimum atomic E-state index is -0.581. The third-order valence-corrected chi connectivity index (χ3v) is 6.70. The number of anilines is 2. The number of rotatable bonds is 8. The Morgan fingerprint density at radius 1 is 0.970 bits per heavy atom. The number of thiophene rings is 1. The number of amides is 2. The van der Waals surface area contributed by atoms with Crippen molar-refractivity contribution in [3.63, 3.8) is 0 Å². The molecule has 2 aromatic carbocycles. The molecule has 1 heterocycles. The Kier molecular flexibility index (Phi) is 8.25. The fraction of sp³-hybridized carbons (Fsp3) is 0.240. The fourth-order valence-corrected chi connectivity index (χ4v) is 4.56. The van der Waals surface area contributed by atoms with E-state index < -0.39 is 11.9 Å². The molecular weight excluding hydrogens is 460 g/mol. The number of ether oxygens (including phenoxy) is 1. The molecule has 172 valence electrons. The maximum Gasteiger partial charge on any atom is 0.341 e. The lowest BCUT2D eigenvalue weighted by Gasteiger charge is -2.09. The Hall–Kier alpha value is -3.16. The van der Waals surface area contributed by atoms with Crippen molar-refractivity contribution < 1.29 is 19.1 Å². The molecule has 0 aliphatic rings. The number of aryl methyl sites for hydroxylation is 1. The molecule has 0 saturated heterocycles. The van der Waals surface area contributed by atoms with E-state index in [1.54, 1.807) is 32.0 Å². The number of carbonyl (C=O) groups is 3. The van der Waals surface area contributed by atoms with Crippen molar-refractivity contribution in [3.05, 3.63) is 80.7 Å². The molecule has 33 heavy (non-hydrogen) atoms. The molecule has 3 rings (SSSR count). The normalized spacial score (nSPS) is 10.5. The van der Waals surface area contributed by atoms with Crippen LogP contribution in [0, 0.1) is 13.8 Å². The summed E-state index contributed by atoms with van der Waals surface area (Å²) in [5.41, 5.74) is 3.00. The molecule has 0 aliphatic carbocycles. The lowest BCUT2D eigenvalue weighted by molar-refractivity contribution is -0.116. The van der Waals surface area contributed by atoms with Crippen molar-refractivity contribution in [2.75, 3.05) is 17.2 Å². The number of carbonyl (C=O) groups excluding carboxylic acids is 3. The van der Waals surface area contributed by atoms with E-state index in [1.807, 2.05) is 37.3 Å². The van der Waals surface area contributed by atoms with E-state index in [-0.39, 0.29) is 24.5 Å². The minimum absolute atomic E-state index is 0.179. The predicted molar refractivity (Wildman–Crippen MR) is 133 cm³/mol. The van der Waals surface area contributed by atoms with Gasteiger partial charge in [-0.25, -0.2) is 4.79 Å². The molecule has 0 spiro atoms. The Balaban J connectivity index is 1.84. The molecule has 0 saturated carbocycles. The Labute approximate surface area is 201 Å². The van der Waals surface area contributed by atoms with Crippen LogP contribution in [0.3, 0.4) is 0 Å². The fourth-order valence-electron chi connectivity index (χ4n) is 3.28. The van der Waals surface area contributed by atoms with Crippen molar-refractivity contribution in [2.45, 2.75) is 33.6 Å². The maximum absolute atomic E-state index is 13.0. The van der Waals surface area contributed by atoms with Gasteiger partial charge in [0.15, 0.2) is 0 Å². The van der Waals surface area contributed by atoms with Crippen molar-refractivity contribution in [2.24, 2.45) is 0 Å². The smallest absolute Gasteiger partial charge is 0.341 e. The summed E-state index contributed by atoms with van der Waals surface area (Å²) in [5, 5.41) is 6.48. The molecule has 0 unspecified atom stereocenters. The van der Waals surface area contributed by atoms with Gasteiger partial charge in [-0.05, 0) is 56.0 Å².